The van der Waals surface area contributed by atoms with E-state index in [9.17, 15) is 4.79 Å². The molecule has 0 N–H and O–H groups in total. The third-order valence-electron chi connectivity index (χ3n) is 4.65. The Morgan fingerprint density at radius 2 is 1.92 bits per heavy atom. The van der Waals surface area contributed by atoms with Crippen molar-refractivity contribution < 1.29 is 4.79 Å². The molecule has 1 aliphatic rings. The summed E-state index contributed by atoms with van der Waals surface area (Å²) >= 11 is 0. The van der Waals surface area contributed by atoms with Crippen molar-refractivity contribution in [3.63, 3.8) is 0 Å². The number of likely N-dealkylation sites (tertiary alicyclic amines) is 1. The van der Waals surface area contributed by atoms with Gasteiger partial charge in [-0.15, -0.1) is 0 Å². The second-order valence-corrected chi connectivity index (χ2v) is 6.37. The van der Waals surface area contributed by atoms with Crippen LogP contribution in [0.4, 0.5) is 0 Å². The number of aromatic nitrogens is 4. The molecule has 1 aliphatic heterocycles. The second-order valence-electron chi connectivity index (χ2n) is 6.37. The first kappa shape index (κ1) is 16.3. The maximum absolute atomic E-state index is 12.7. The monoisotopic (exact) mass is 345 g/mol. The lowest BCUT2D eigenvalue weighted by atomic mass is 9.94. The van der Waals surface area contributed by atoms with Crippen LogP contribution in [0.3, 0.4) is 0 Å². The van der Waals surface area contributed by atoms with Gasteiger partial charge in [0.05, 0.1) is 0 Å². The summed E-state index contributed by atoms with van der Waals surface area (Å²) in [6, 6.07) is 9.30. The molecule has 0 aromatic carbocycles. The lowest BCUT2D eigenvalue weighted by Crippen LogP contribution is -2.39. The lowest BCUT2D eigenvalue weighted by Gasteiger charge is -2.32. The van der Waals surface area contributed by atoms with Crippen LogP contribution in [0.5, 0.6) is 0 Å². The van der Waals surface area contributed by atoms with Gasteiger partial charge in [0.25, 0.3) is 5.91 Å². The van der Waals surface area contributed by atoms with Gasteiger partial charge in [-0.25, -0.2) is 9.97 Å². The zero-order valence-corrected chi connectivity index (χ0v) is 14.3. The molecule has 6 heteroatoms. The van der Waals surface area contributed by atoms with Crippen LogP contribution >= 0.6 is 0 Å². The van der Waals surface area contributed by atoms with Gasteiger partial charge in [-0.1, -0.05) is 0 Å². The molecule has 1 fully saturated rings. The molecule has 130 valence electrons. The molecule has 1 unspecified atom stereocenters. The molecular formula is C20H19N5O. The third-order valence-corrected chi connectivity index (χ3v) is 4.65. The Morgan fingerprint density at radius 3 is 2.73 bits per heavy atom. The van der Waals surface area contributed by atoms with E-state index < -0.39 is 0 Å². The minimum absolute atomic E-state index is 0.0543. The van der Waals surface area contributed by atoms with Crippen LogP contribution in [0.25, 0.3) is 11.4 Å². The van der Waals surface area contributed by atoms with Crippen LogP contribution < -0.4 is 0 Å². The van der Waals surface area contributed by atoms with E-state index in [1.807, 2.05) is 23.1 Å². The van der Waals surface area contributed by atoms with Crippen molar-refractivity contribution in [2.75, 3.05) is 13.1 Å². The molecule has 0 spiro atoms. The van der Waals surface area contributed by atoms with Gasteiger partial charge in [0.15, 0.2) is 5.82 Å². The zero-order valence-electron chi connectivity index (χ0n) is 14.3. The molecule has 3 aromatic rings. The Labute approximate surface area is 152 Å². The standard InChI is InChI=1S/C20H19N5O/c26-20(15-5-9-21-10-6-15)25-12-2-4-17(14-25)18-7-11-23-19(24-18)16-3-1-8-22-13-16/h1,3,5-11,13,17H,2,4,12,14H2. The first-order valence-electron chi connectivity index (χ1n) is 8.74. The van der Waals surface area contributed by atoms with E-state index in [1.54, 1.807) is 43.1 Å². The normalized spacial score (nSPS) is 17.1. The number of rotatable bonds is 3. The Hall–Kier alpha value is -3.15. The molecule has 0 aliphatic carbocycles. The number of piperidine rings is 1. The van der Waals surface area contributed by atoms with Crippen molar-refractivity contribution in [2.45, 2.75) is 18.8 Å². The highest BCUT2D eigenvalue weighted by Crippen LogP contribution is 2.27. The zero-order chi connectivity index (χ0) is 17.8. The number of carbonyl (C=O) groups is 1. The van der Waals surface area contributed by atoms with Crippen LogP contribution in [-0.2, 0) is 0 Å². The lowest BCUT2D eigenvalue weighted by molar-refractivity contribution is 0.0706. The van der Waals surface area contributed by atoms with Crippen molar-refractivity contribution in [3.05, 3.63) is 72.6 Å². The minimum atomic E-state index is 0.0543. The van der Waals surface area contributed by atoms with Gasteiger partial charge in [0.2, 0.25) is 0 Å². The fourth-order valence-corrected chi connectivity index (χ4v) is 3.31. The molecule has 4 rings (SSSR count). The molecule has 26 heavy (non-hydrogen) atoms. The third kappa shape index (κ3) is 3.44. The minimum Gasteiger partial charge on any atom is -0.338 e. The van der Waals surface area contributed by atoms with E-state index in [4.69, 9.17) is 4.98 Å². The number of nitrogens with zero attached hydrogens (tertiary/aromatic N) is 5. The first-order chi connectivity index (χ1) is 12.8. The van der Waals surface area contributed by atoms with E-state index >= 15 is 0 Å². The van der Waals surface area contributed by atoms with Crippen molar-refractivity contribution in [1.82, 2.24) is 24.8 Å². The molecule has 1 atom stereocenters. The summed E-state index contributed by atoms with van der Waals surface area (Å²) in [5.41, 5.74) is 2.56. The number of hydrogen-bond acceptors (Lipinski definition) is 5. The van der Waals surface area contributed by atoms with Gasteiger partial charge in [0, 0.05) is 66.8 Å². The van der Waals surface area contributed by atoms with E-state index in [0.29, 0.717) is 17.9 Å². The number of hydrogen-bond donors (Lipinski definition) is 0. The first-order valence-corrected chi connectivity index (χ1v) is 8.74. The van der Waals surface area contributed by atoms with Crippen molar-refractivity contribution in [2.24, 2.45) is 0 Å². The predicted octanol–water partition coefficient (Wildman–Crippen LogP) is 2.95. The summed E-state index contributed by atoms with van der Waals surface area (Å²) in [5, 5.41) is 0. The second kappa shape index (κ2) is 7.39. The maximum Gasteiger partial charge on any atom is 0.253 e. The number of amides is 1. The van der Waals surface area contributed by atoms with Gasteiger partial charge in [-0.2, -0.15) is 0 Å². The Bertz CT molecular complexity index is 885. The Morgan fingerprint density at radius 1 is 1.04 bits per heavy atom. The molecular weight excluding hydrogens is 326 g/mol. The Kier molecular flexibility index (Phi) is 4.64. The summed E-state index contributed by atoms with van der Waals surface area (Å²) in [6.07, 6.45) is 10.6. The van der Waals surface area contributed by atoms with Crippen molar-refractivity contribution in [1.29, 1.82) is 0 Å². The highest BCUT2D eigenvalue weighted by Gasteiger charge is 2.26. The van der Waals surface area contributed by atoms with Crippen LogP contribution in [0.2, 0.25) is 0 Å². The fraction of sp³-hybridized carbons (Fsp3) is 0.250. The highest BCUT2D eigenvalue weighted by atomic mass is 16.2. The van der Waals surface area contributed by atoms with Gasteiger partial charge in [0.1, 0.15) is 0 Å². The van der Waals surface area contributed by atoms with Gasteiger partial charge in [-0.3, -0.25) is 14.8 Å². The van der Waals surface area contributed by atoms with E-state index in [1.165, 1.54) is 0 Å². The highest BCUT2D eigenvalue weighted by molar-refractivity contribution is 5.94. The molecule has 0 saturated carbocycles. The molecule has 3 aromatic heterocycles. The average Bonchev–Trinajstić information content (AvgIpc) is 2.75. The van der Waals surface area contributed by atoms with Gasteiger partial charge in [-0.05, 0) is 43.2 Å². The van der Waals surface area contributed by atoms with Gasteiger partial charge >= 0.3 is 0 Å². The smallest absolute Gasteiger partial charge is 0.253 e. The average molecular weight is 345 g/mol. The molecule has 4 heterocycles. The van der Waals surface area contributed by atoms with Crippen LogP contribution in [0, 0.1) is 0 Å². The largest absolute Gasteiger partial charge is 0.338 e. The predicted molar refractivity (Wildman–Crippen MR) is 97.4 cm³/mol. The maximum atomic E-state index is 12.7. The molecule has 0 radical (unpaired) electrons. The summed E-state index contributed by atoms with van der Waals surface area (Å²) in [6.45, 7) is 1.45. The topological polar surface area (TPSA) is 71.9 Å². The van der Waals surface area contributed by atoms with Crippen LogP contribution in [0.1, 0.15) is 34.8 Å². The molecule has 6 nitrogen and oxygen atoms in total. The molecule has 1 amide bonds. The SMILES string of the molecule is O=C(c1ccncc1)N1CCCC(c2ccnc(-c3cccnc3)n2)C1. The van der Waals surface area contributed by atoms with E-state index in [2.05, 4.69) is 15.0 Å². The summed E-state index contributed by atoms with van der Waals surface area (Å²) in [7, 11) is 0. The number of carbonyl (C=O) groups excluding carboxylic acids is 1. The summed E-state index contributed by atoms with van der Waals surface area (Å²) in [4.78, 5) is 31.9. The van der Waals surface area contributed by atoms with Crippen molar-refractivity contribution in [3.8, 4) is 11.4 Å². The van der Waals surface area contributed by atoms with E-state index in [-0.39, 0.29) is 11.8 Å². The summed E-state index contributed by atoms with van der Waals surface area (Å²) < 4.78 is 0. The van der Waals surface area contributed by atoms with Crippen LogP contribution in [-0.4, -0.2) is 43.8 Å². The molecule has 1 saturated heterocycles. The summed E-state index contributed by atoms with van der Waals surface area (Å²) in [5.74, 6) is 0.944. The fourth-order valence-electron chi connectivity index (χ4n) is 3.31. The molecule has 0 bridgehead atoms. The van der Waals surface area contributed by atoms with E-state index in [0.717, 1.165) is 30.6 Å². The van der Waals surface area contributed by atoms with Crippen molar-refractivity contribution >= 4 is 5.91 Å². The Balaban J connectivity index is 1.54. The van der Waals surface area contributed by atoms with Crippen LogP contribution in [0.15, 0.2) is 61.3 Å². The van der Waals surface area contributed by atoms with Gasteiger partial charge < -0.3 is 4.90 Å². The quantitative estimate of drug-likeness (QED) is 0.730. The number of pyridine rings is 2.